The van der Waals surface area contributed by atoms with E-state index in [1.807, 2.05) is 21.1 Å². The first-order chi connectivity index (χ1) is 29.6. The van der Waals surface area contributed by atoms with Gasteiger partial charge in [-0.25, -0.2) is 0 Å². The first kappa shape index (κ1) is 60.5. The molecule has 0 saturated carbocycles. The smallest absolute Gasteiger partial charge is 0.306 e. The predicted molar refractivity (Wildman–Crippen MR) is 259 cm³/mol. The van der Waals surface area contributed by atoms with Crippen LogP contribution in [0.3, 0.4) is 0 Å². The Kier molecular flexibility index (Phi) is 45.7. The second-order valence-corrected chi connectivity index (χ2v) is 21.0. The minimum Gasteiger partial charge on any atom is -0.756 e. The molecule has 366 valence electrons. The van der Waals surface area contributed by atoms with E-state index in [2.05, 4.69) is 13.8 Å². The number of ether oxygens (including phenoxy) is 2. The van der Waals surface area contributed by atoms with E-state index in [4.69, 9.17) is 18.5 Å². The molecule has 2 atom stereocenters. The zero-order chi connectivity index (χ0) is 44.8. The summed E-state index contributed by atoms with van der Waals surface area (Å²) in [4.78, 5) is 25.2. The number of nitrogens with zero attached hydrogens (tertiary/aromatic N) is 1. The van der Waals surface area contributed by atoms with Gasteiger partial charge in [0.1, 0.15) is 19.3 Å². The zero-order valence-electron chi connectivity index (χ0n) is 41.6. The van der Waals surface area contributed by atoms with Gasteiger partial charge in [0.15, 0.2) is 0 Å². The predicted octanol–water partition coefficient (Wildman–Crippen LogP) is 15.8. The number of rotatable bonds is 51. The molecule has 0 radical (unpaired) electrons. The van der Waals surface area contributed by atoms with Crippen molar-refractivity contribution in [3.8, 4) is 0 Å². The molecule has 0 saturated heterocycles. The summed E-state index contributed by atoms with van der Waals surface area (Å²) in [6.45, 7) is 5.50. The van der Waals surface area contributed by atoms with Crippen LogP contribution in [0.1, 0.15) is 271 Å². The van der Waals surface area contributed by atoms with E-state index in [1.54, 1.807) is 0 Å². The Hall–Kier alpha value is -0.500. The van der Waals surface area contributed by atoms with E-state index in [9.17, 15) is 14.3 Å². The van der Waals surface area contributed by atoms with Crippen molar-refractivity contribution in [2.24, 2.45) is 0 Å². The Morgan fingerprint density at radius 3 is 1.08 bits per heavy atom. The van der Waals surface area contributed by atoms with Gasteiger partial charge in [0.2, 0.25) is 0 Å². The number of phosphoric ester groups is 1. The quantitative estimate of drug-likeness (QED) is 0.0260. The first-order valence-electron chi connectivity index (χ1n) is 26.8. The number of likely N-dealkylation sites (N-methyl/N-ethyl adjacent to an activating group) is 1. The van der Waals surface area contributed by atoms with Crippen LogP contribution in [0.15, 0.2) is 0 Å². The zero-order valence-corrected chi connectivity index (χ0v) is 42.5. The number of esters is 1. The summed E-state index contributed by atoms with van der Waals surface area (Å²) in [6.07, 6.45) is 51.3. The standard InChI is InChI=1S/C52H106NO7P/c1-6-8-10-12-14-16-18-20-22-24-25-26-27-28-29-30-32-34-36-38-40-42-44-47-57-49-51(50-59-61(55,56)58-48-46-53(3,4)5)60-52(54)45-43-41-39-37-35-33-31-23-21-19-17-15-13-11-9-7-2/h51H,6-50H2,1-5H3. The molecule has 0 aliphatic carbocycles. The van der Waals surface area contributed by atoms with Crippen LogP contribution < -0.4 is 4.89 Å². The molecule has 0 aromatic carbocycles. The van der Waals surface area contributed by atoms with E-state index in [-0.39, 0.29) is 25.8 Å². The van der Waals surface area contributed by atoms with Crippen LogP contribution in [-0.2, 0) is 27.9 Å². The van der Waals surface area contributed by atoms with Gasteiger partial charge in [-0.05, 0) is 12.8 Å². The minimum absolute atomic E-state index is 0.0318. The van der Waals surface area contributed by atoms with Crippen LogP contribution in [-0.4, -0.2) is 70.7 Å². The maximum Gasteiger partial charge on any atom is 0.306 e. The summed E-state index contributed by atoms with van der Waals surface area (Å²) in [5.41, 5.74) is 0. The topological polar surface area (TPSA) is 94.1 Å². The van der Waals surface area contributed by atoms with Gasteiger partial charge < -0.3 is 27.9 Å². The third kappa shape index (κ3) is 50.4. The van der Waals surface area contributed by atoms with Crippen molar-refractivity contribution < 1.29 is 37.3 Å². The Balaban J connectivity index is 4.03. The summed E-state index contributed by atoms with van der Waals surface area (Å²) in [7, 11) is 1.38. The molecule has 2 unspecified atom stereocenters. The molecule has 0 aromatic rings. The minimum atomic E-state index is -4.52. The Labute approximate surface area is 380 Å². The van der Waals surface area contributed by atoms with Crippen LogP contribution in [0.5, 0.6) is 0 Å². The molecule has 9 heteroatoms. The normalized spacial score (nSPS) is 13.5. The third-order valence-corrected chi connectivity index (χ3v) is 13.1. The number of unbranched alkanes of at least 4 members (excludes halogenated alkanes) is 37. The van der Waals surface area contributed by atoms with Gasteiger partial charge >= 0.3 is 5.97 Å². The van der Waals surface area contributed by atoms with Crippen molar-refractivity contribution in [2.75, 3.05) is 54.1 Å². The molecule has 0 bridgehead atoms. The van der Waals surface area contributed by atoms with Gasteiger partial charge in [-0.2, -0.15) is 0 Å². The Morgan fingerprint density at radius 1 is 0.443 bits per heavy atom. The van der Waals surface area contributed by atoms with E-state index < -0.39 is 13.9 Å². The van der Waals surface area contributed by atoms with Gasteiger partial charge in [0.25, 0.3) is 7.82 Å². The fourth-order valence-corrected chi connectivity index (χ4v) is 8.75. The number of hydrogen-bond acceptors (Lipinski definition) is 7. The van der Waals surface area contributed by atoms with Crippen LogP contribution in [0, 0.1) is 0 Å². The molecular weight excluding hydrogens is 782 g/mol. The van der Waals surface area contributed by atoms with Gasteiger partial charge in [-0.15, -0.1) is 0 Å². The van der Waals surface area contributed by atoms with E-state index in [0.717, 1.165) is 32.1 Å². The lowest BCUT2D eigenvalue weighted by Crippen LogP contribution is -2.37. The molecule has 0 N–H and O–H groups in total. The molecule has 0 amide bonds. The summed E-state index contributed by atoms with van der Waals surface area (Å²) < 4.78 is 34.8. The van der Waals surface area contributed by atoms with Crippen LogP contribution in [0.4, 0.5) is 0 Å². The molecule has 8 nitrogen and oxygen atoms in total. The third-order valence-electron chi connectivity index (χ3n) is 12.2. The molecule has 0 rings (SSSR count). The monoisotopic (exact) mass is 888 g/mol. The van der Waals surface area contributed by atoms with E-state index >= 15 is 0 Å². The number of phosphoric acid groups is 1. The maximum atomic E-state index is 12.7. The number of hydrogen-bond donors (Lipinski definition) is 0. The summed E-state index contributed by atoms with van der Waals surface area (Å²) >= 11 is 0. The van der Waals surface area contributed by atoms with Crippen LogP contribution >= 0.6 is 7.82 Å². The molecule has 0 aliphatic heterocycles. The summed E-state index contributed by atoms with van der Waals surface area (Å²) in [6, 6.07) is 0. The molecule has 0 fully saturated rings. The van der Waals surface area contributed by atoms with Gasteiger partial charge in [0, 0.05) is 13.0 Å². The van der Waals surface area contributed by atoms with Crippen molar-refractivity contribution in [1.82, 2.24) is 0 Å². The Morgan fingerprint density at radius 2 is 0.754 bits per heavy atom. The van der Waals surface area contributed by atoms with Crippen molar-refractivity contribution in [2.45, 2.75) is 277 Å². The highest BCUT2D eigenvalue weighted by Gasteiger charge is 2.20. The molecule has 0 aromatic heterocycles. The largest absolute Gasteiger partial charge is 0.756 e. The molecular formula is C52H106NO7P. The fourth-order valence-electron chi connectivity index (χ4n) is 8.02. The number of quaternary nitrogens is 1. The lowest BCUT2D eigenvalue weighted by atomic mass is 10.0. The van der Waals surface area contributed by atoms with Gasteiger partial charge in [-0.3, -0.25) is 9.36 Å². The van der Waals surface area contributed by atoms with Crippen molar-refractivity contribution >= 4 is 13.8 Å². The highest BCUT2D eigenvalue weighted by Crippen LogP contribution is 2.38. The second kappa shape index (κ2) is 46.0. The molecule has 0 aliphatic rings. The van der Waals surface area contributed by atoms with Gasteiger partial charge in [0.05, 0.1) is 34.4 Å². The van der Waals surface area contributed by atoms with Gasteiger partial charge in [-0.1, -0.05) is 251 Å². The van der Waals surface area contributed by atoms with E-state index in [0.29, 0.717) is 24.1 Å². The highest BCUT2D eigenvalue weighted by molar-refractivity contribution is 7.45. The van der Waals surface area contributed by atoms with Crippen molar-refractivity contribution in [3.05, 3.63) is 0 Å². The second-order valence-electron chi connectivity index (χ2n) is 19.6. The summed E-state index contributed by atoms with van der Waals surface area (Å²) in [5.74, 6) is -0.325. The van der Waals surface area contributed by atoms with Crippen LogP contribution in [0.2, 0.25) is 0 Å². The fraction of sp³-hybridized carbons (Fsp3) is 0.981. The average Bonchev–Trinajstić information content (AvgIpc) is 3.22. The lowest BCUT2D eigenvalue weighted by molar-refractivity contribution is -0.870. The molecule has 0 heterocycles. The molecule has 0 spiro atoms. The van der Waals surface area contributed by atoms with Crippen molar-refractivity contribution in [1.29, 1.82) is 0 Å². The SMILES string of the molecule is CCCCCCCCCCCCCCCCCCCCCCCCCOCC(COP(=O)([O-])OCC[N+](C)(C)C)OC(=O)CCCCCCCCCCCCCCCCCC. The van der Waals surface area contributed by atoms with Crippen LogP contribution in [0.25, 0.3) is 0 Å². The maximum absolute atomic E-state index is 12.7. The highest BCUT2D eigenvalue weighted by atomic mass is 31.2. The number of carbonyl (C=O) groups excluding carboxylic acids is 1. The Bertz CT molecular complexity index is 945. The van der Waals surface area contributed by atoms with E-state index in [1.165, 1.54) is 218 Å². The molecule has 61 heavy (non-hydrogen) atoms. The lowest BCUT2D eigenvalue weighted by Gasteiger charge is -2.28. The summed E-state index contributed by atoms with van der Waals surface area (Å²) in [5, 5.41) is 0. The number of carbonyl (C=O) groups is 1. The first-order valence-corrected chi connectivity index (χ1v) is 28.2. The van der Waals surface area contributed by atoms with Crippen molar-refractivity contribution in [3.63, 3.8) is 0 Å². The average molecular weight is 888 g/mol.